The first-order valence-electron chi connectivity index (χ1n) is 8.19. The molecule has 9 heteroatoms. The van der Waals surface area contributed by atoms with Crippen LogP contribution in [0.2, 0.25) is 5.02 Å². The van der Waals surface area contributed by atoms with E-state index in [4.69, 9.17) is 11.6 Å². The third-order valence-corrected chi connectivity index (χ3v) is 3.95. The maximum absolute atomic E-state index is 12.8. The van der Waals surface area contributed by atoms with Crippen LogP contribution in [0, 0.1) is 5.92 Å². The second kappa shape index (κ2) is 7.96. The standard InChI is InChI=1S/C18H17ClN6O2/c1-11(2)17(26)21-13-4-3-5-14(9-13)22-18(27)15-8-12(19)6-7-16(15)25-10-20-23-24-25/h3-11H,1-2H3,(H,21,26)(H,22,27). The summed E-state index contributed by atoms with van der Waals surface area (Å²) in [6.45, 7) is 3.61. The van der Waals surface area contributed by atoms with Crippen molar-refractivity contribution in [2.75, 3.05) is 10.6 Å². The molecule has 138 valence electrons. The number of anilines is 2. The number of carbonyl (C=O) groups excluding carboxylic acids is 2. The molecule has 3 rings (SSSR count). The van der Waals surface area contributed by atoms with Crippen LogP contribution >= 0.6 is 11.6 Å². The van der Waals surface area contributed by atoms with Crippen LogP contribution in [0.25, 0.3) is 5.69 Å². The maximum Gasteiger partial charge on any atom is 0.257 e. The topological polar surface area (TPSA) is 102 Å². The molecule has 0 aliphatic rings. The largest absolute Gasteiger partial charge is 0.326 e. The van der Waals surface area contributed by atoms with Gasteiger partial charge in [0, 0.05) is 22.3 Å². The lowest BCUT2D eigenvalue weighted by molar-refractivity contribution is -0.118. The number of halogens is 1. The number of rotatable bonds is 5. The number of aromatic nitrogens is 4. The first-order chi connectivity index (χ1) is 12.9. The molecule has 2 aromatic carbocycles. The second-order valence-corrected chi connectivity index (χ2v) is 6.53. The number of tetrazole rings is 1. The SMILES string of the molecule is CC(C)C(=O)Nc1cccc(NC(=O)c2cc(Cl)ccc2-n2cnnn2)c1. The van der Waals surface area contributed by atoms with Crippen LogP contribution in [-0.4, -0.2) is 32.0 Å². The Morgan fingerprint density at radius 1 is 1.07 bits per heavy atom. The molecule has 1 aromatic heterocycles. The van der Waals surface area contributed by atoms with E-state index in [1.807, 2.05) is 0 Å². The molecular formula is C18H17ClN6O2. The zero-order valence-electron chi connectivity index (χ0n) is 14.7. The van der Waals surface area contributed by atoms with E-state index in [-0.39, 0.29) is 17.7 Å². The molecule has 0 saturated heterocycles. The van der Waals surface area contributed by atoms with Gasteiger partial charge >= 0.3 is 0 Å². The van der Waals surface area contributed by atoms with Crippen LogP contribution in [0.3, 0.4) is 0 Å². The molecule has 2 N–H and O–H groups in total. The molecule has 0 spiro atoms. The van der Waals surface area contributed by atoms with Crippen LogP contribution in [0.15, 0.2) is 48.8 Å². The van der Waals surface area contributed by atoms with Gasteiger partial charge in [-0.3, -0.25) is 9.59 Å². The Morgan fingerprint density at radius 3 is 2.48 bits per heavy atom. The van der Waals surface area contributed by atoms with Gasteiger partial charge in [0.25, 0.3) is 5.91 Å². The zero-order valence-corrected chi connectivity index (χ0v) is 15.4. The number of amides is 2. The fourth-order valence-corrected chi connectivity index (χ4v) is 2.49. The van der Waals surface area contributed by atoms with Gasteiger partial charge in [0.1, 0.15) is 6.33 Å². The van der Waals surface area contributed by atoms with E-state index in [9.17, 15) is 9.59 Å². The lowest BCUT2D eigenvalue weighted by Gasteiger charge is -2.12. The van der Waals surface area contributed by atoms with Crippen LogP contribution in [-0.2, 0) is 4.79 Å². The first kappa shape index (κ1) is 18.5. The van der Waals surface area contributed by atoms with Gasteiger partial charge in [0.15, 0.2) is 0 Å². The van der Waals surface area contributed by atoms with E-state index in [2.05, 4.69) is 26.2 Å². The molecule has 0 unspecified atom stereocenters. The number of benzene rings is 2. The molecule has 27 heavy (non-hydrogen) atoms. The number of carbonyl (C=O) groups is 2. The summed E-state index contributed by atoms with van der Waals surface area (Å²) in [4.78, 5) is 24.6. The van der Waals surface area contributed by atoms with E-state index in [0.29, 0.717) is 27.6 Å². The molecular weight excluding hydrogens is 368 g/mol. The summed E-state index contributed by atoms with van der Waals surface area (Å²) in [6.07, 6.45) is 1.39. The second-order valence-electron chi connectivity index (χ2n) is 6.09. The van der Waals surface area contributed by atoms with Gasteiger partial charge < -0.3 is 10.6 Å². The Balaban J connectivity index is 1.84. The molecule has 0 radical (unpaired) electrons. The smallest absolute Gasteiger partial charge is 0.257 e. The molecule has 3 aromatic rings. The van der Waals surface area contributed by atoms with Crippen molar-refractivity contribution < 1.29 is 9.59 Å². The normalized spacial score (nSPS) is 10.7. The lowest BCUT2D eigenvalue weighted by Crippen LogP contribution is -2.18. The highest BCUT2D eigenvalue weighted by Crippen LogP contribution is 2.22. The van der Waals surface area contributed by atoms with E-state index in [0.717, 1.165) is 0 Å². The third kappa shape index (κ3) is 4.48. The Morgan fingerprint density at radius 2 is 1.81 bits per heavy atom. The predicted octanol–water partition coefficient (Wildman–Crippen LogP) is 3.16. The summed E-state index contributed by atoms with van der Waals surface area (Å²) in [5, 5.41) is 17.0. The Bertz CT molecular complexity index is 972. The predicted molar refractivity (Wildman–Crippen MR) is 102 cm³/mol. The van der Waals surface area contributed by atoms with Crippen molar-refractivity contribution in [1.82, 2.24) is 20.2 Å². The van der Waals surface area contributed by atoms with E-state index < -0.39 is 0 Å². The van der Waals surface area contributed by atoms with Gasteiger partial charge in [-0.1, -0.05) is 31.5 Å². The van der Waals surface area contributed by atoms with E-state index >= 15 is 0 Å². The fourth-order valence-electron chi connectivity index (χ4n) is 2.32. The van der Waals surface area contributed by atoms with Crippen LogP contribution in [0.4, 0.5) is 11.4 Å². The number of nitrogens with zero attached hydrogens (tertiary/aromatic N) is 4. The Labute approximate surface area is 160 Å². The highest BCUT2D eigenvalue weighted by molar-refractivity contribution is 6.31. The van der Waals surface area contributed by atoms with Crippen molar-refractivity contribution in [2.45, 2.75) is 13.8 Å². The zero-order chi connectivity index (χ0) is 19.4. The summed E-state index contributed by atoms with van der Waals surface area (Å²) in [6, 6.07) is 11.7. The number of nitrogens with one attached hydrogen (secondary N) is 2. The maximum atomic E-state index is 12.8. The van der Waals surface area contributed by atoms with Crippen molar-refractivity contribution in [3.63, 3.8) is 0 Å². The van der Waals surface area contributed by atoms with Gasteiger partial charge in [0.05, 0.1) is 11.3 Å². The van der Waals surface area contributed by atoms with Crippen molar-refractivity contribution in [2.24, 2.45) is 5.92 Å². The molecule has 2 amide bonds. The van der Waals surface area contributed by atoms with Gasteiger partial charge in [-0.25, -0.2) is 0 Å². The molecule has 0 atom stereocenters. The molecule has 0 saturated carbocycles. The van der Waals surface area contributed by atoms with Crippen molar-refractivity contribution in [1.29, 1.82) is 0 Å². The van der Waals surface area contributed by atoms with E-state index in [1.165, 1.54) is 17.1 Å². The monoisotopic (exact) mass is 384 g/mol. The van der Waals surface area contributed by atoms with Crippen molar-refractivity contribution in [3.8, 4) is 5.69 Å². The molecule has 0 aliphatic carbocycles. The first-order valence-corrected chi connectivity index (χ1v) is 8.57. The average molecular weight is 385 g/mol. The van der Waals surface area contributed by atoms with E-state index in [1.54, 1.807) is 50.2 Å². The van der Waals surface area contributed by atoms with Gasteiger partial charge in [0.2, 0.25) is 5.91 Å². The summed E-state index contributed by atoms with van der Waals surface area (Å²) in [7, 11) is 0. The third-order valence-electron chi connectivity index (χ3n) is 3.71. The van der Waals surface area contributed by atoms with Crippen LogP contribution in [0.5, 0.6) is 0 Å². The summed E-state index contributed by atoms with van der Waals surface area (Å²) < 4.78 is 1.38. The molecule has 1 heterocycles. The molecule has 0 fully saturated rings. The Kier molecular flexibility index (Phi) is 5.46. The highest BCUT2D eigenvalue weighted by atomic mass is 35.5. The summed E-state index contributed by atoms with van der Waals surface area (Å²) >= 11 is 6.05. The lowest BCUT2D eigenvalue weighted by atomic mass is 10.1. The minimum absolute atomic E-state index is 0.103. The quantitative estimate of drug-likeness (QED) is 0.703. The minimum atomic E-state index is -0.379. The van der Waals surface area contributed by atoms with Gasteiger partial charge in [-0.15, -0.1) is 5.10 Å². The number of hydrogen-bond donors (Lipinski definition) is 2. The van der Waals surface area contributed by atoms with Gasteiger partial charge in [-0.05, 0) is 46.8 Å². The van der Waals surface area contributed by atoms with Crippen molar-refractivity contribution >= 4 is 34.8 Å². The molecule has 8 nitrogen and oxygen atoms in total. The number of hydrogen-bond acceptors (Lipinski definition) is 5. The summed E-state index contributed by atoms with van der Waals surface area (Å²) in [5.41, 5.74) is 1.93. The highest BCUT2D eigenvalue weighted by Gasteiger charge is 2.15. The van der Waals surface area contributed by atoms with Crippen LogP contribution < -0.4 is 10.6 Å². The average Bonchev–Trinajstić information content (AvgIpc) is 3.16. The summed E-state index contributed by atoms with van der Waals surface area (Å²) in [5.74, 6) is -0.627. The Hall–Kier alpha value is -3.26. The van der Waals surface area contributed by atoms with Crippen molar-refractivity contribution in [3.05, 3.63) is 59.4 Å². The van der Waals surface area contributed by atoms with Gasteiger partial charge in [-0.2, -0.15) is 4.68 Å². The fraction of sp³-hybridized carbons (Fsp3) is 0.167. The molecule has 0 aliphatic heterocycles. The molecule has 0 bridgehead atoms. The van der Waals surface area contributed by atoms with Crippen LogP contribution in [0.1, 0.15) is 24.2 Å². The minimum Gasteiger partial charge on any atom is -0.326 e.